The van der Waals surface area contributed by atoms with Crippen LogP contribution in [0.2, 0.25) is 0 Å². The van der Waals surface area contributed by atoms with Gasteiger partial charge in [-0.25, -0.2) is 4.79 Å². The molecule has 2 N–H and O–H groups in total. The summed E-state index contributed by atoms with van der Waals surface area (Å²) in [5.41, 5.74) is -1.56. The molecule has 0 bridgehead atoms. The minimum atomic E-state index is -1.56. The van der Waals surface area contributed by atoms with Gasteiger partial charge in [-0.1, -0.05) is 39.5 Å². The highest BCUT2D eigenvalue weighted by Gasteiger charge is 2.32. The first-order valence-electron chi connectivity index (χ1n) is 5.39. The van der Waals surface area contributed by atoms with Crippen LogP contribution >= 0.6 is 0 Å². The number of rotatable bonds is 7. The van der Waals surface area contributed by atoms with Crippen molar-refractivity contribution in [1.82, 2.24) is 0 Å². The van der Waals surface area contributed by atoms with Crippen molar-refractivity contribution in [3.63, 3.8) is 0 Å². The normalized spacial score (nSPS) is 17.4. The van der Waals surface area contributed by atoms with E-state index >= 15 is 0 Å². The monoisotopic (exact) mass is 202 g/mol. The van der Waals surface area contributed by atoms with Gasteiger partial charge in [-0.15, -0.1) is 0 Å². The first kappa shape index (κ1) is 13.4. The smallest absolute Gasteiger partial charge is 0.335 e. The van der Waals surface area contributed by atoms with Crippen molar-refractivity contribution in [1.29, 1.82) is 0 Å². The minimum absolute atomic E-state index is 0.320. The fourth-order valence-corrected chi connectivity index (χ4v) is 1.59. The van der Waals surface area contributed by atoms with Crippen molar-refractivity contribution in [3.05, 3.63) is 0 Å². The Hall–Kier alpha value is -0.570. The minimum Gasteiger partial charge on any atom is -0.479 e. The molecular formula is C11H22O3. The van der Waals surface area contributed by atoms with Gasteiger partial charge in [0.15, 0.2) is 5.60 Å². The summed E-state index contributed by atoms with van der Waals surface area (Å²) in [4.78, 5) is 10.7. The summed E-state index contributed by atoms with van der Waals surface area (Å²) in [6, 6.07) is 0. The quantitative estimate of drug-likeness (QED) is 0.666. The molecule has 0 amide bonds. The summed E-state index contributed by atoms with van der Waals surface area (Å²) in [5, 5.41) is 18.4. The summed E-state index contributed by atoms with van der Waals surface area (Å²) < 4.78 is 0. The molecule has 0 aliphatic rings. The third-order valence-corrected chi connectivity index (χ3v) is 2.69. The van der Waals surface area contributed by atoms with E-state index in [1.807, 2.05) is 6.92 Å². The van der Waals surface area contributed by atoms with Crippen molar-refractivity contribution < 1.29 is 15.0 Å². The summed E-state index contributed by atoms with van der Waals surface area (Å²) in [6.45, 7) is 5.53. The predicted molar refractivity (Wildman–Crippen MR) is 56.2 cm³/mol. The molecule has 1 unspecified atom stereocenters. The van der Waals surface area contributed by atoms with Gasteiger partial charge in [0, 0.05) is 0 Å². The van der Waals surface area contributed by atoms with E-state index in [-0.39, 0.29) is 0 Å². The number of hydrogen-bond acceptors (Lipinski definition) is 2. The molecule has 0 aliphatic carbocycles. The van der Waals surface area contributed by atoms with E-state index in [1.165, 1.54) is 6.92 Å². The topological polar surface area (TPSA) is 57.5 Å². The molecule has 0 aromatic heterocycles. The molecule has 0 rings (SSSR count). The molecule has 0 saturated heterocycles. The van der Waals surface area contributed by atoms with E-state index in [0.29, 0.717) is 12.3 Å². The second kappa shape index (κ2) is 6.02. The summed E-state index contributed by atoms with van der Waals surface area (Å²) in [6.07, 6.45) is 4.53. The van der Waals surface area contributed by atoms with E-state index in [1.54, 1.807) is 0 Å². The first-order chi connectivity index (χ1) is 6.44. The van der Waals surface area contributed by atoms with Crippen LogP contribution in [0.3, 0.4) is 0 Å². The van der Waals surface area contributed by atoms with Crippen LogP contribution in [0.1, 0.15) is 52.9 Å². The van der Waals surface area contributed by atoms with E-state index < -0.39 is 11.6 Å². The molecule has 0 saturated carbocycles. The van der Waals surface area contributed by atoms with Gasteiger partial charge in [0.1, 0.15) is 0 Å². The maximum atomic E-state index is 10.7. The Morgan fingerprint density at radius 2 is 2.00 bits per heavy atom. The Balaban J connectivity index is 4.09. The highest BCUT2D eigenvalue weighted by atomic mass is 16.4. The van der Waals surface area contributed by atoms with Crippen molar-refractivity contribution in [2.24, 2.45) is 5.92 Å². The summed E-state index contributed by atoms with van der Waals surface area (Å²) >= 11 is 0. The number of carboxylic acid groups (broad SMARTS) is 1. The SMILES string of the molecule is CCCCC(CC)C[C@](C)(O)C(=O)O. The van der Waals surface area contributed by atoms with Gasteiger partial charge < -0.3 is 10.2 Å². The fraction of sp³-hybridized carbons (Fsp3) is 0.909. The molecular weight excluding hydrogens is 180 g/mol. The Morgan fingerprint density at radius 1 is 1.43 bits per heavy atom. The Morgan fingerprint density at radius 3 is 2.36 bits per heavy atom. The predicted octanol–water partition coefficient (Wildman–Crippen LogP) is 2.43. The molecule has 0 aliphatic heterocycles. The highest BCUT2D eigenvalue weighted by molar-refractivity contribution is 5.76. The Labute approximate surface area is 86.1 Å². The standard InChI is InChI=1S/C11H22O3/c1-4-6-7-9(5-2)8-11(3,14)10(12)13/h9,14H,4-8H2,1-3H3,(H,12,13)/t9?,11-/m0/s1. The van der Waals surface area contributed by atoms with Crippen molar-refractivity contribution >= 4 is 5.97 Å². The molecule has 3 heteroatoms. The third kappa shape index (κ3) is 4.61. The lowest BCUT2D eigenvalue weighted by molar-refractivity contribution is -0.158. The Bertz CT molecular complexity index is 175. The number of carbonyl (C=O) groups is 1. The number of unbranched alkanes of at least 4 members (excludes halogenated alkanes) is 1. The molecule has 0 heterocycles. The molecule has 84 valence electrons. The highest BCUT2D eigenvalue weighted by Crippen LogP contribution is 2.24. The third-order valence-electron chi connectivity index (χ3n) is 2.69. The van der Waals surface area contributed by atoms with Gasteiger partial charge in [-0.05, 0) is 19.3 Å². The van der Waals surface area contributed by atoms with Gasteiger partial charge in [-0.3, -0.25) is 0 Å². The van der Waals surface area contributed by atoms with Gasteiger partial charge in [0.2, 0.25) is 0 Å². The van der Waals surface area contributed by atoms with Crippen molar-refractivity contribution in [2.45, 2.75) is 58.5 Å². The van der Waals surface area contributed by atoms with E-state index in [4.69, 9.17) is 5.11 Å². The molecule has 0 aromatic carbocycles. The Kier molecular flexibility index (Phi) is 5.77. The molecule has 14 heavy (non-hydrogen) atoms. The van der Waals surface area contributed by atoms with Gasteiger partial charge in [0.05, 0.1) is 0 Å². The van der Waals surface area contributed by atoms with Crippen molar-refractivity contribution in [3.8, 4) is 0 Å². The van der Waals surface area contributed by atoms with Crippen LogP contribution in [0.5, 0.6) is 0 Å². The van der Waals surface area contributed by atoms with Crippen LogP contribution in [0, 0.1) is 5.92 Å². The van der Waals surface area contributed by atoms with E-state index in [0.717, 1.165) is 25.7 Å². The molecule has 3 nitrogen and oxygen atoms in total. The van der Waals surface area contributed by atoms with Gasteiger partial charge in [-0.2, -0.15) is 0 Å². The zero-order valence-corrected chi connectivity index (χ0v) is 9.42. The number of hydrogen-bond donors (Lipinski definition) is 2. The molecule has 0 radical (unpaired) electrons. The lowest BCUT2D eigenvalue weighted by Crippen LogP contribution is -2.36. The molecule has 0 fully saturated rings. The van der Waals surface area contributed by atoms with Crippen LogP contribution in [0.15, 0.2) is 0 Å². The summed E-state index contributed by atoms with van der Waals surface area (Å²) in [7, 11) is 0. The first-order valence-corrected chi connectivity index (χ1v) is 5.39. The largest absolute Gasteiger partial charge is 0.479 e. The van der Waals surface area contributed by atoms with Gasteiger partial charge >= 0.3 is 5.97 Å². The van der Waals surface area contributed by atoms with Crippen LogP contribution in [0.4, 0.5) is 0 Å². The average molecular weight is 202 g/mol. The second-order valence-electron chi connectivity index (χ2n) is 4.20. The average Bonchev–Trinajstić information content (AvgIpc) is 2.11. The van der Waals surface area contributed by atoms with E-state index in [9.17, 15) is 9.90 Å². The zero-order valence-electron chi connectivity index (χ0n) is 9.42. The summed E-state index contributed by atoms with van der Waals surface area (Å²) in [5.74, 6) is -0.798. The number of aliphatic hydroxyl groups is 1. The van der Waals surface area contributed by atoms with Crippen LogP contribution in [0.25, 0.3) is 0 Å². The lowest BCUT2D eigenvalue weighted by atomic mass is 9.87. The maximum absolute atomic E-state index is 10.7. The number of carboxylic acids is 1. The maximum Gasteiger partial charge on any atom is 0.335 e. The molecule has 0 aromatic rings. The fourth-order valence-electron chi connectivity index (χ4n) is 1.59. The van der Waals surface area contributed by atoms with Crippen LogP contribution in [-0.4, -0.2) is 21.8 Å². The second-order valence-corrected chi connectivity index (χ2v) is 4.20. The number of aliphatic carboxylic acids is 1. The molecule has 0 spiro atoms. The van der Waals surface area contributed by atoms with Crippen LogP contribution < -0.4 is 0 Å². The van der Waals surface area contributed by atoms with E-state index in [2.05, 4.69) is 6.92 Å². The van der Waals surface area contributed by atoms with Crippen molar-refractivity contribution in [2.75, 3.05) is 0 Å². The van der Waals surface area contributed by atoms with Crippen LogP contribution in [-0.2, 0) is 4.79 Å². The zero-order chi connectivity index (χ0) is 11.2. The van der Waals surface area contributed by atoms with Gasteiger partial charge in [0.25, 0.3) is 0 Å². The lowest BCUT2D eigenvalue weighted by Gasteiger charge is -2.23. The molecule has 2 atom stereocenters.